The van der Waals surface area contributed by atoms with Crippen molar-refractivity contribution in [2.24, 2.45) is 0 Å². The average Bonchev–Trinajstić information content (AvgIpc) is 2.67. The molecule has 0 N–H and O–H groups in total. The number of hydrogen-bond acceptors (Lipinski definition) is 4. The lowest BCUT2D eigenvalue weighted by atomic mass is 10.1. The minimum Gasteiger partial charge on any atom is -0.379 e. The van der Waals surface area contributed by atoms with E-state index >= 15 is 0 Å². The Bertz CT molecular complexity index is 329. The monoisotopic (exact) mass is 195 g/mol. The highest BCUT2D eigenvalue weighted by Gasteiger charge is 2.20. The van der Waals surface area contributed by atoms with Crippen LogP contribution in [0, 0.1) is 0 Å². The van der Waals surface area contributed by atoms with Gasteiger partial charge in [-0.25, -0.2) is 4.68 Å². The summed E-state index contributed by atoms with van der Waals surface area (Å²) in [5.41, 5.74) is 0.570. The second-order valence-electron chi connectivity index (χ2n) is 3.49. The third kappa shape index (κ3) is 1.68. The highest BCUT2D eigenvalue weighted by atomic mass is 16.5. The molecule has 76 valence electrons. The van der Waals surface area contributed by atoms with Crippen LogP contribution >= 0.6 is 0 Å². The van der Waals surface area contributed by atoms with E-state index in [9.17, 15) is 4.79 Å². The number of nitrogens with zero attached hydrogens (tertiary/aromatic N) is 3. The predicted molar refractivity (Wildman–Crippen MR) is 49.1 cm³/mol. The van der Waals surface area contributed by atoms with Crippen LogP contribution in [0.4, 0.5) is 0 Å². The first kappa shape index (κ1) is 9.33. The fourth-order valence-electron chi connectivity index (χ4n) is 1.68. The molecular weight excluding hydrogens is 182 g/mol. The van der Waals surface area contributed by atoms with Gasteiger partial charge in [-0.3, -0.25) is 4.79 Å². The van der Waals surface area contributed by atoms with Gasteiger partial charge in [0.25, 0.3) is 0 Å². The van der Waals surface area contributed by atoms with E-state index in [2.05, 4.69) is 10.3 Å². The van der Waals surface area contributed by atoms with Gasteiger partial charge in [0.2, 0.25) is 0 Å². The van der Waals surface area contributed by atoms with Crippen LogP contribution in [-0.4, -0.2) is 34.0 Å². The molecule has 1 aromatic heterocycles. The van der Waals surface area contributed by atoms with Crippen LogP contribution in [0.2, 0.25) is 0 Å². The minimum absolute atomic E-state index is 0.000531. The van der Waals surface area contributed by atoms with Gasteiger partial charge in [-0.1, -0.05) is 5.21 Å². The van der Waals surface area contributed by atoms with E-state index in [1.807, 2.05) is 0 Å². The Morgan fingerprint density at radius 1 is 1.71 bits per heavy atom. The van der Waals surface area contributed by atoms with Crippen molar-refractivity contribution in [1.82, 2.24) is 15.0 Å². The standard InChI is InChI=1S/C9H13N3O2/c1-7(13)9-5-10-11-12(9)8-3-2-4-14-6-8/h5,8H,2-4,6H2,1H3. The molecule has 1 unspecified atom stereocenters. The summed E-state index contributed by atoms with van der Waals surface area (Å²) in [5, 5.41) is 7.68. The summed E-state index contributed by atoms with van der Waals surface area (Å²) < 4.78 is 7.02. The quantitative estimate of drug-likeness (QED) is 0.656. The van der Waals surface area contributed by atoms with Gasteiger partial charge in [0, 0.05) is 13.5 Å². The zero-order valence-electron chi connectivity index (χ0n) is 8.14. The minimum atomic E-state index is 0.000531. The molecular formula is C9H13N3O2. The number of ether oxygens (including phenoxy) is 1. The molecule has 0 amide bonds. The SMILES string of the molecule is CC(=O)c1cnnn1C1CCCOC1. The lowest BCUT2D eigenvalue weighted by molar-refractivity contribution is 0.0529. The maximum Gasteiger partial charge on any atom is 0.179 e. The summed E-state index contributed by atoms with van der Waals surface area (Å²) in [5.74, 6) is 0.000531. The van der Waals surface area contributed by atoms with Gasteiger partial charge in [-0.05, 0) is 12.8 Å². The van der Waals surface area contributed by atoms with Gasteiger partial charge in [-0.15, -0.1) is 5.10 Å². The van der Waals surface area contributed by atoms with Crippen LogP contribution in [0.1, 0.15) is 36.3 Å². The molecule has 0 radical (unpaired) electrons. The van der Waals surface area contributed by atoms with Gasteiger partial charge in [0.05, 0.1) is 18.8 Å². The summed E-state index contributed by atoms with van der Waals surface area (Å²) in [6.07, 6.45) is 3.53. The molecule has 1 saturated heterocycles. The van der Waals surface area contributed by atoms with Crippen LogP contribution in [0.15, 0.2) is 6.20 Å². The average molecular weight is 195 g/mol. The Balaban J connectivity index is 2.21. The second-order valence-corrected chi connectivity index (χ2v) is 3.49. The predicted octanol–water partition coefficient (Wildman–Crippen LogP) is 0.832. The molecule has 14 heavy (non-hydrogen) atoms. The maximum atomic E-state index is 11.2. The van der Waals surface area contributed by atoms with Crippen molar-refractivity contribution < 1.29 is 9.53 Å². The Hall–Kier alpha value is -1.23. The molecule has 1 fully saturated rings. The molecule has 1 atom stereocenters. The summed E-state index contributed by atoms with van der Waals surface area (Å²) in [6, 6.07) is 0.171. The first-order valence-corrected chi connectivity index (χ1v) is 4.78. The van der Waals surface area contributed by atoms with Crippen LogP contribution in [0.25, 0.3) is 0 Å². The molecule has 1 aromatic rings. The summed E-state index contributed by atoms with van der Waals surface area (Å²) in [6.45, 7) is 2.96. The zero-order valence-corrected chi connectivity index (χ0v) is 8.14. The highest BCUT2D eigenvalue weighted by molar-refractivity contribution is 5.91. The number of ketones is 1. The molecule has 0 spiro atoms. The van der Waals surface area contributed by atoms with Gasteiger partial charge in [0.1, 0.15) is 5.69 Å². The van der Waals surface area contributed by atoms with Crippen molar-refractivity contribution in [2.45, 2.75) is 25.8 Å². The smallest absolute Gasteiger partial charge is 0.179 e. The molecule has 0 aliphatic carbocycles. The molecule has 0 saturated carbocycles. The molecule has 1 aliphatic rings. The third-order valence-electron chi connectivity index (χ3n) is 2.42. The van der Waals surface area contributed by atoms with E-state index < -0.39 is 0 Å². The molecule has 0 bridgehead atoms. The van der Waals surface area contributed by atoms with E-state index in [0.717, 1.165) is 19.4 Å². The highest BCUT2D eigenvalue weighted by Crippen LogP contribution is 2.19. The maximum absolute atomic E-state index is 11.2. The number of aromatic nitrogens is 3. The van der Waals surface area contributed by atoms with Crippen molar-refractivity contribution in [1.29, 1.82) is 0 Å². The van der Waals surface area contributed by atoms with Crippen LogP contribution in [-0.2, 0) is 4.74 Å². The Labute approximate surface area is 82.1 Å². The van der Waals surface area contributed by atoms with Crippen molar-refractivity contribution in [2.75, 3.05) is 13.2 Å². The fraction of sp³-hybridized carbons (Fsp3) is 0.667. The van der Waals surface area contributed by atoms with E-state index in [0.29, 0.717) is 12.3 Å². The molecule has 5 nitrogen and oxygen atoms in total. The third-order valence-corrected chi connectivity index (χ3v) is 2.42. The first-order valence-electron chi connectivity index (χ1n) is 4.78. The topological polar surface area (TPSA) is 57.0 Å². The number of carbonyl (C=O) groups excluding carboxylic acids is 1. The molecule has 0 aromatic carbocycles. The second kappa shape index (κ2) is 3.88. The lowest BCUT2D eigenvalue weighted by Gasteiger charge is -2.22. The van der Waals surface area contributed by atoms with Gasteiger partial charge in [-0.2, -0.15) is 0 Å². The van der Waals surface area contributed by atoms with Crippen molar-refractivity contribution in [3.8, 4) is 0 Å². The summed E-state index contributed by atoms with van der Waals surface area (Å²) in [4.78, 5) is 11.2. The lowest BCUT2D eigenvalue weighted by Crippen LogP contribution is -2.24. The van der Waals surface area contributed by atoms with Crippen LogP contribution in [0.5, 0.6) is 0 Å². The first-order chi connectivity index (χ1) is 6.79. The Kier molecular flexibility index (Phi) is 2.58. The van der Waals surface area contributed by atoms with E-state index in [4.69, 9.17) is 4.74 Å². The van der Waals surface area contributed by atoms with Crippen molar-refractivity contribution in [3.63, 3.8) is 0 Å². The fourth-order valence-corrected chi connectivity index (χ4v) is 1.68. The number of rotatable bonds is 2. The number of carbonyl (C=O) groups is 1. The number of hydrogen-bond donors (Lipinski definition) is 0. The molecule has 2 heterocycles. The largest absolute Gasteiger partial charge is 0.379 e. The van der Waals surface area contributed by atoms with Crippen molar-refractivity contribution >= 4 is 5.78 Å². The molecule has 5 heteroatoms. The van der Waals surface area contributed by atoms with Crippen LogP contribution in [0.3, 0.4) is 0 Å². The normalized spacial score (nSPS) is 22.2. The molecule has 2 rings (SSSR count). The zero-order chi connectivity index (χ0) is 9.97. The summed E-state index contributed by atoms with van der Waals surface area (Å²) >= 11 is 0. The van der Waals surface area contributed by atoms with E-state index in [1.54, 1.807) is 4.68 Å². The number of Topliss-reactive ketones (excluding diaryl/α,β-unsaturated/α-hetero) is 1. The van der Waals surface area contributed by atoms with E-state index in [-0.39, 0.29) is 11.8 Å². The van der Waals surface area contributed by atoms with Gasteiger partial charge >= 0.3 is 0 Å². The summed E-state index contributed by atoms with van der Waals surface area (Å²) in [7, 11) is 0. The van der Waals surface area contributed by atoms with Gasteiger partial charge in [0.15, 0.2) is 5.78 Å². The van der Waals surface area contributed by atoms with Crippen molar-refractivity contribution in [3.05, 3.63) is 11.9 Å². The Morgan fingerprint density at radius 3 is 3.21 bits per heavy atom. The van der Waals surface area contributed by atoms with E-state index in [1.165, 1.54) is 13.1 Å². The molecule has 1 aliphatic heterocycles. The Morgan fingerprint density at radius 2 is 2.57 bits per heavy atom. The van der Waals surface area contributed by atoms with Gasteiger partial charge < -0.3 is 4.74 Å². The van der Waals surface area contributed by atoms with Crippen LogP contribution < -0.4 is 0 Å².